The van der Waals surface area contributed by atoms with Gasteiger partial charge >= 0.3 is 115 Å². The minimum atomic E-state index is 0.0873. The van der Waals surface area contributed by atoms with E-state index in [1.807, 2.05) is 0 Å². The fourth-order valence-corrected chi connectivity index (χ4v) is 4.17. The van der Waals surface area contributed by atoms with Crippen LogP contribution in [0.3, 0.4) is 0 Å². The van der Waals surface area contributed by atoms with E-state index in [-0.39, 0.29) is 14.0 Å². The summed E-state index contributed by atoms with van der Waals surface area (Å²) in [7, 11) is 8.30. The van der Waals surface area contributed by atoms with Gasteiger partial charge in [0.1, 0.15) is 0 Å². The zero-order valence-electron chi connectivity index (χ0n) is 10.4. The first kappa shape index (κ1) is 13.4. The van der Waals surface area contributed by atoms with Crippen LogP contribution in [0.2, 0.25) is 0 Å². The van der Waals surface area contributed by atoms with Crippen molar-refractivity contribution in [2.75, 3.05) is 7.05 Å². The molecule has 0 bridgehead atoms. The van der Waals surface area contributed by atoms with E-state index >= 15 is 0 Å². The molecular weight excluding hydrogens is 297 g/mol. The van der Waals surface area contributed by atoms with Crippen molar-refractivity contribution in [2.24, 2.45) is 0 Å². The molecule has 1 nitrogen and oxygen atoms in total. The molecule has 0 amide bonds. The number of nitrogens with zero attached hydrogens (tertiary/aromatic N) is 1. The zero-order valence-corrected chi connectivity index (χ0v) is 12.8. The van der Waals surface area contributed by atoms with E-state index in [0.717, 1.165) is 12.6 Å². The predicted molar refractivity (Wildman–Crippen MR) is 76.0 cm³/mol. The van der Waals surface area contributed by atoms with Gasteiger partial charge in [-0.25, -0.2) is 0 Å². The van der Waals surface area contributed by atoms with Gasteiger partial charge in [-0.05, 0) is 0 Å². The molecule has 0 spiro atoms. The molecule has 3 heteroatoms. The Morgan fingerprint density at radius 1 is 1.24 bits per heavy atom. The van der Waals surface area contributed by atoms with Crippen LogP contribution in [-0.4, -0.2) is 32.0 Å². The molecule has 1 aliphatic carbocycles. The molecule has 1 aromatic carbocycles. The maximum absolute atomic E-state index is 6.05. The van der Waals surface area contributed by atoms with Crippen molar-refractivity contribution in [3.8, 4) is 0 Å². The molecule has 2 rings (SSSR count). The van der Waals surface area contributed by atoms with Gasteiger partial charge in [-0.15, -0.1) is 0 Å². The van der Waals surface area contributed by atoms with E-state index < -0.39 is 0 Å². The number of rotatable bonds is 4. The van der Waals surface area contributed by atoms with Crippen molar-refractivity contribution >= 4 is 28.6 Å². The summed E-state index contributed by atoms with van der Waals surface area (Å²) in [5.41, 5.74) is 1.41. The summed E-state index contributed by atoms with van der Waals surface area (Å²) in [6, 6.07) is 9.37. The van der Waals surface area contributed by atoms with Crippen LogP contribution in [0.4, 0.5) is 0 Å². The second kappa shape index (κ2) is 6.80. The van der Waals surface area contributed by atoms with Crippen molar-refractivity contribution in [3.05, 3.63) is 29.8 Å². The average molecular weight is 317 g/mol. The van der Waals surface area contributed by atoms with Crippen LogP contribution in [0.25, 0.3) is 0 Å². The summed E-state index contributed by atoms with van der Waals surface area (Å²) in [6.07, 6.45) is 6.95. The minimum absolute atomic E-state index is 0.0873. The van der Waals surface area contributed by atoms with Crippen LogP contribution in [-0.2, 0) is 6.54 Å². The van der Waals surface area contributed by atoms with Crippen molar-refractivity contribution in [1.29, 1.82) is 0 Å². The van der Waals surface area contributed by atoms with Gasteiger partial charge in [0.25, 0.3) is 0 Å². The molecular formula is C14H20ClNSe. The summed E-state index contributed by atoms with van der Waals surface area (Å²) in [5.74, 6) is 0. The van der Waals surface area contributed by atoms with Crippen molar-refractivity contribution in [1.82, 2.24) is 4.90 Å². The van der Waals surface area contributed by atoms with Crippen molar-refractivity contribution < 1.29 is 0 Å². The van der Waals surface area contributed by atoms with Gasteiger partial charge in [0, 0.05) is 0 Å². The number of halogens is 1. The first-order valence-corrected chi connectivity index (χ1v) is 9.49. The fourth-order valence-electron chi connectivity index (χ4n) is 2.63. The molecule has 0 unspecified atom stereocenters. The second-order valence-corrected chi connectivity index (χ2v) is 6.94. The fraction of sp³-hybridized carbons (Fsp3) is 0.571. The molecule has 1 saturated carbocycles. The van der Waals surface area contributed by atoms with Crippen LogP contribution < -0.4 is 4.46 Å². The Morgan fingerprint density at radius 2 is 1.94 bits per heavy atom. The van der Waals surface area contributed by atoms with Crippen LogP contribution in [0.5, 0.6) is 0 Å². The molecule has 1 fully saturated rings. The summed E-state index contributed by atoms with van der Waals surface area (Å²) < 4.78 is 1.34. The summed E-state index contributed by atoms with van der Waals surface area (Å²) in [5, 5.41) is 0. The van der Waals surface area contributed by atoms with Crippen LogP contribution in [0.15, 0.2) is 24.3 Å². The Hall–Kier alpha value is -0.0105. The van der Waals surface area contributed by atoms with E-state index in [2.05, 4.69) is 36.2 Å². The van der Waals surface area contributed by atoms with Gasteiger partial charge in [0.05, 0.1) is 0 Å². The van der Waals surface area contributed by atoms with E-state index in [1.54, 1.807) is 0 Å². The molecule has 0 aromatic heterocycles. The molecule has 0 radical (unpaired) electrons. The van der Waals surface area contributed by atoms with Gasteiger partial charge in [0.15, 0.2) is 0 Å². The Kier molecular flexibility index (Phi) is 5.37. The summed E-state index contributed by atoms with van der Waals surface area (Å²) in [4.78, 5) is 2.51. The number of hydrogen-bond acceptors (Lipinski definition) is 1. The average Bonchev–Trinajstić information content (AvgIpc) is 2.40. The topological polar surface area (TPSA) is 3.24 Å². The standard InChI is InChI=1S/C14H20ClNSe/c1-16(13-8-3-2-4-9-13)11-12-7-5-6-10-14(12)17-15/h5-7,10,13H,2-4,8-9,11H2,1H3. The SMILES string of the molecule is CN(Cc1ccccc1[Se]Cl)C1CCCCC1. The van der Waals surface area contributed by atoms with Crippen LogP contribution >= 0.6 is 10.1 Å². The summed E-state index contributed by atoms with van der Waals surface area (Å²) >= 11 is 0.0873. The molecule has 0 heterocycles. The molecule has 0 saturated heterocycles. The van der Waals surface area contributed by atoms with Gasteiger partial charge in [-0.3, -0.25) is 0 Å². The van der Waals surface area contributed by atoms with Crippen LogP contribution in [0, 0.1) is 0 Å². The molecule has 94 valence electrons. The van der Waals surface area contributed by atoms with Gasteiger partial charge < -0.3 is 0 Å². The van der Waals surface area contributed by atoms with Crippen LogP contribution in [0.1, 0.15) is 37.7 Å². The summed E-state index contributed by atoms with van der Waals surface area (Å²) in [6.45, 7) is 1.05. The Balaban J connectivity index is 1.99. The van der Waals surface area contributed by atoms with E-state index in [0.29, 0.717) is 0 Å². The number of hydrogen-bond donors (Lipinski definition) is 0. The van der Waals surface area contributed by atoms with Gasteiger partial charge in [-0.2, -0.15) is 0 Å². The molecule has 0 N–H and O–H groups in total. The normalized spacial score (nSPS) is 17.6. The second-order valence-electron chi connectivity index (χ2n) is 4.89. The third-order valence-corrected chi connectivity index (χ3v) is 5.72. The van der Waals surface area contributed by atoms with E-state index in [4.69, 9.17) is 10.1 Å². The van der Waals surface area contributed by atoms with Crippen molar-refractivity contribution in [2.45, 2.75) is 44.7 Å². The number of benzene rings is 1. The third kappa shape index (κ3) is 3.72. The maximum atomic E-state index is 6.05. The first-order valence-electron chi connectivity index (χ1n) is 6.38. The Morgan fingerprint density at radius 3 is 2.65 bits per heavy atom. The van der Waals surface area contributed by atoms with E-state index in [9.17, 15) is 0 Å². The Bertz CT molecular complexity index is 350. The Labute approximate surface area is 115 Å². The van der Waals surface area contributed by atoms with Crippen molar-refractivity contribution in [3.63, 3.8) is 0 Å². The molecule has 17 heavy (non-hydrogen) atoms. The van der Waals surface area contributed by atoms with Gasteiger partial charge in [0.2, 0.25) is 0 Å². The quantitative estimate of drug-likeness (QED) is 0.772. The monoisotopic (exact) mass is 317 g/mol. The zero-order chi connectivity index (χ0) is 12.1. The third-order valence-electron chi connectivity index (χ3n) is 3.67. The van der Waals surface area contributed by atoms with Gasteiger partial charge in [-0.1, -0.05) is 0 Å². The predicted octanol–water partition coefficient (Wildman–Crippen LogP) is 2.93. The molecule has 0 aliphatic heterocycles. The first-order chi connectivity index (χ1) is 8.31. The molecule has 0 atom stereocenters. The molecule has 1 aliphatic rings. The molecule has 1 aromatic rings. The van der Waals surface area contributed by atoms with E-state index in [1.165, 1.54) is 42.1 Å².